The van der Waals surface area contributed by atoms with Gasteiger partial charge in [0.2, 0.25) is 11.5 Å². The molecule has 218 valence electrons. The van der Waals surface area contributed by atoms with Gasteiger partial charge in [-0.3, -0.25) is 9.59 Å². The molecule has 0 aromatic heterocycles. The van der Waals surface area contributed by atoms with Gasteiger partial charge in [-0.2, -0.15) is 0 Å². The molecule has 0 atom stereocenters. The van der Waals surface area contributed by atoms with Gasteiger partial charge in [0.05, 0.1) is 42.7 Å². The lowest BCUT2D eigenvalue weighted by Crippen LogP contribution is -1.99. The van der Waals surface area contributed by atoms with Gasteiger partial charge in [-0.05, 0) is 53.6 Å². The Hall–Kier alpha value is -5.24. The topological polar surface area (TPSA) is 89.5 Å². The minimum absolute atomic E-state index is 0.231. The zero-order valence-corrected chi connectivity index (χ0v) is 24.5. The summed E-state index contributed by atoms with van der Waals surface area (Å²) in [6.45, 7) is 0. The molecule has 0 spiro atoms. The quantitative estimate of drug-likeness (QED) is 0.121. The van der Waals surface area contributed by atoms with Crippen LogP contribution >= 0.6 is 0 Å². The lowest BCUT2D eigenvalue weighted by molar-refractivity contribution is 0.104. The van der Waals surface area contributed by atoms with Crippen molar-refractivity contribution in [3.8, 4) is 34.5 Å². The van der Waals surface area contributed by atoms with Gasteiger partial charge >= 0.3 is 0 Å². The van der Waals surface area contributed by atoms with Crippen molar-refractivity contribution in [2.45, 2.75) is 0 Å². The van der Waals surface area contributed by atoms with Crippen LogP contribution in [0.25, 0.3) is 12.2 Å². The van der Waals surface area contributed by atoms with Crippen molar-refractivity contribution >= 4 is 23.7 Å². The first-order valence-corrected chi connectivity index (χ1v) is 12.9. The van der Waals surface area contributed by atoms with Crippen LogP contribution in [0, 0.1) is 0 Å². The third kappa shape index (κ3) is 7.91. The highest BCUT2D eigenvalue weighted by atomic mass is 16.5. The van der Waals surface area contributed by atoms with Crippen molar-refractivity contribution < 1.29 is 38.0 Å². The Morgan fingerprint density at radius 2 is 0.857 bits per heavy atom. The number of rotatable bonds is 14. The van der Waals surface area contributed by atoms with E-state index in [1.54, 1.807) is 115 Å². The predicted molar refractivity (Wildman–Crippen MR) is 164 cm³/mol. The zero-order chi connectivity index (χ0) is 30.5. The molecule has 3 aromatic carbocycles. The minimum Gasteiger partial charge on any atom is -0.493 e. The van der Waals surface area contributed by atoms with E-state index in [0.717, 1.165) is 11.1 Å². The molecule has 3 aromatic rings. The molecule has 0 aliphatic rings. The van der Waals surface area contributed by atoms with Gasteiger partial charge in [0.25, 0.3) is 0 Å². The average Bonchev–Trinajstić information content (AvgIpc) is 3.03. The SMILES string of the molecule is COc1cc(/C=C/C=C/C(=O)c2cccc(C(=O)/C=C/C=C/c3cc(OC)c(OC)c(OC)c3)c2)cc(OC)c1OC. The number of allylic oxidation sites excluding steroid dienone is 6. The van der Waals surface area contributed by atoms with Gasteiger partial charge < -0.3 is 28.4 Å². The number of ketones is 2. The first-order chi connectivity index (χ1) is 20.4. The third-order valence-corrected chi connectivity index (χ3v) is 6.10. The van der Waals surface area contributed by atoms with Crippen LogP contribution in [-0.4, -0.2) is 54.2 Å². The van der Waals surface area contributed by atoms with E-state index in [4.69, 9.17) is 28.4 Å². The summed E-state index contributed by atoms with van der Waals surface area (Å²) in [5.74, 6) is 2.67. The van der Waals surface area contributed by atoms with Crippen LogP contribution in [0.15, 0.2) is 85.0 Å². The molecule has 0 aliphatic heterocycles. The Labute approximate surface area is 246 Å². The van der Waals surface area contributed by atoms with Crippen molar-refractivity contribution in [3.63, 3.8) is 0 Å². The molecule has 0 radical (unpaired) electrons. The maximum Gasteiger partial charge on any atom is 0.203 e. The molecule has 0 unspecified atom stereocenters. The van der Waals surface area contributed by atoms with E-state index in [2.05, 4.69) is 0 Å². The maximum absolute atomic E-state index is 12.7. The molecule has 0 N–H and O–H groups in total. The van der Waals surface area contributed by atoms with Crippen molar-refractivity contribution in [3.05, 3.63) is 107 Å². The fourth-order valence-electron chi connectivity index (χ4n) is 4.03. The van der Waals surface area contributed by atoms with Gasteiger partial charge in [0.15, 0.2) is 34.6 Å². The van der Waals surface area contributed by atoms with Crippen LogP contribution < -0.4 is 28.4 Å². The first kappa shape index (κ1) is 31.3. The van der Waals surface area contributed by atoms with E-state index in [1.807, 2.05) is 12.2 Å². The second-order valence-corrected chi connectivity index (χ2v) is 8.66. The van der Waals surface area contributed by atoms with Crippen LogP contribution in [-0.2, 0) is 0 Å². The summed E-state index contributed by atoms with van der Waals surface area (Å²) in [7, 11) is 9.28. The lowest BCUT2D eigenvalue weighted by Gasteiger charge is -2.12. The van der Waals surface area contributed by atoms with Gasteiger partial charge in [-0.1, -0.05) is 54.7 Å². The van der Waals surface area contributed by atoms with Crippen LogP contribution in [0.5, 0.6) is 34.5 Å². The highest BCUT2D eigenvalue weighted by Gasteiger charge is 2.13. The van der Waals surface area contributed by atoms with Crippen molar-refractivity contribution in [1.82, 2.24) is 0 Å². The molecule has 0 bridgehead atoms. The van der Waals surface area contributed by atoms with E-state index in [-0.39, 0.29) is 11.6 Å². The Kier molecular flexibility index (Phi) is 11.6. The number of hydrogen-bond donors (Lipinski definition) is 0. The second kappa shape index (κ2) is 15.5. The average molecular weight is 571 g/mol. The number of carbonyl (C=O) groups excluding carboxylic acids is 2. The number of carbonyl (C=O) groups is 2. The van der Waals surface area contributed by atoms with Crippen LogP contribution in [0.1, 0.15) is 31.8 Å². The van der Waals surface area contributed by atoms with E-state index >= 15 is 0 Å². The summed E-state index contributed by atoms with van der Waals surface area (Å²) in [6, 6.07) is 13.8. The molecular weight excluding hydrogens is 536 g/mol. The Balaban J connectivity index is 1.67. The summed E-state index contributed by atoms with van der Waals surface area (Å²) >= 11 is 0. The monoisotopic (exact) mass is 570 g/mol. The van der Waals surface area contributed by atoms with E-state index in [1.165, 1.54) is 12.2 Å². The lowest BCUT2D eigenvalue weighted by atomic mass is 10.0. The molecule has 8 heteroatoms. The number of methoxy groups -OCH3 is 6. The van der Waals surface area contributed by atoms with Crippen molar-refractivity contribution in [1.29, 1.82) is 0 Å². The molecule has 0 saturated carbocycles. The maximum atomic E-state index is 12.7. The zero-order valence-electron chi connectivity index (χ0n) is 24.5. The van der Waals surface area contributed by atoms with Gasteiger partial charge in [-0.25, -0.2) is 0 Å². The number of benzene rings is 3. The molecule has 0 fully saturated rings. The molecular formula is C34H34O8. The number of ether oxygens (including phenoxy) is 6. The van der Waals surface area contributed by atoms with E-state index in [0.29, 0.717) is 45.6 Å². The normalized spacial score (nSPS) is 11.4. The molecule has 3 rings (SSSR count). The molecule has 0 aliphatic carbocycles. The number of hydrogen-bond acceptors (Lipinski definition) is 8. The summed E-state index contributed by atoms with van der Waals surface area (Å²) in [5.41, 5.74) is 2.42. The van der Waals surface area contributed by atoms with Crippen LogP contribution in [0.3, 0.4) is 0 Å². The van der Waals surface area contributed by atoms with Gasteiger partial charge in [-0.15, -0.1) is 0 Å². The van der Waals surface area contributed by atoms with Crippen LogP contribution in [0.2, 0.25) is 0 Å². The fourth-order valence-corrected chi connectivity index (χ4v) is 4.03. The van der Waals surface area contributed by atoms with Crippen LogP contribution in [0.4, 0.5) is 0 Å². The highest BCUT2D eigenvalue weighted by molar-refractivity contribution is 6.09. The molecule has 8 nitrogen and oxygen atoms in total. The van der Waals surface area contributed by atoms with E-state index < -0.39 is 0 Å². The fraction of sp³-hybridized carbons (Fsp3) is 0.176. The summed E-state index contributed by atoms with van der Waals surface area (Å²) in [4.78, 5) is 25.5. The summed E-state index contributed by atoms with van der Waals surface area (Å²) in [5, 5.41) is 0. The smallest absolute Gasteiger partial charge is 0.203 e. The predicted octanol–water partition coefficient (Wildman–Crippen LogP) is 6.64. The standard InChI is InChI=1S/C34H34O8/c1-37-29-18-23(19-30(38-2)33(29)41-5)12-7-9-16-27(35)25-14-11-15-26(22-25)28(36)17-10-8-13-24-20-31(39-3)34(42-6)32(21-24)40-4/h7-22H,1-6H3/b12-7+,13-8+,16-9+,17-10+. The minimum atomic E-state index is -0.231. The largest absolute Gasteiger partial charge is 0.493 e. The van der Waals surface area contributed by atoms with E-state index in [9.17, 15) is 9.59 Å². The second-order valence-electron chi connectivity index (χ2n) is 8.66. The molecule has 0 amide bonds. The Bertz CT molecular complexity index is 1370. The molecule has 0 heterocycles. The molecule has 42 heavy (non-hydrogen) atoms. The van der Waals surface area contributed by atoms with Crippen molar-refractivity contribution in [2.24, 2.45) is 0 Å². The Morgan fingerprint density at radius 1 is 0.500 bits per heavy atom. The molecule has 0 saturated heterocycles. The van der Waals surface area contributed by atoms with Gasteiger partial charge in [0, 0.05) is 11.1 Å². The summed E-state index contributed by atoms with van der Waals surface area (Å²) in [6.07, 6.45) is 13.2. The summed E-state index contributed by atoms with van der Waals surface area (Å²) < 4.78 is 32.1. The first-order valence-electron chi connectivity index (χ1n) is 12.9. The van der Waals surface area contributed by atoms with Crippen molar-refractivity contribution in [2.75, 3.05) is 42.7 Å². The third-order valence-electron chi connectivity index (χ3n) is 6.10. The Morgan fingerprint density at radius 3 is 1.17 bits per heavy atom. The highest BCUT2D eigenvalue weighted by Crippen LogP contribution is 2.39. The van der Waals surface area contributed by atoms with Gasteiger partial charge in [0.1, 0.15) is 0 Å².